The molecular formula is C12H7NO3. The van der Waals surface area contributed by atoms with Gasteiger partial charge in [0, 0.05) is 23.1 Å². The molecule has 0 aliphatic rings. The summed E-state index contributed by atoms with van der Waals surface area (Å²) in [6.07, 6.45) is 1.52. The highest BCUT2D eigenvalue weighted by Crippen LogP contribution is 2.21. The van der Waals surface area contributed by atoms with Crippen molar-refractivity contribution >= 4 is 11.0 Å². The minimum atomic E-state index is -0.346. The van der Waals surface area contributed by atoms with Crippen LogP contribution in [0.2, 0.25) is 0 Å². The van der Waals surface area contributed by atoms with Crippen LogP contribution in [0.1, 0.15) is 0 Å². The third-order valence-corrected chi connectivity index (χ3v) is 2.35. The molecule has 1 aromatic carbocycles. The second-order valence-corrected chi connectivity index (χ2v) is 3.39. The van der Waals surface area contributed by atoms with Crippen molar-refractivity contribution in [3.8, 4) is 11.3 Å². The lowest BCUT2D eigenvalue weighted by Crippen LogP contribution is -1.94. The molecule has 0 amide bonds. The minimum Gasteiger partial charge on any atom is -0.423 e. The van der Waals surface area contributed by atoms with Crippen molar-refractivity contribution in [3.63, 3.8) is 0 Å². The zero-order chi connectivity index (χ0) is 11.0. The van der Waals surface area contributed by atoms with Crippen molar-refractivity contribution in [3.05, 3.63) is 53.1 Å². The zero-order valence-electron chi connectivity index (χ0n) is 8.21. The Kier molecular flexibility index (Phi) is 1.86. The van der Waals surface area contributed by atoms with E-state index in [1.165, 1.54) is 12.3 Å². The Morgan fingerprint density at radius 1 is 1.06 bits per heavy atom. The number of rotatable bonds is 1. The second kappa shape index (κ2) is 3.34. The van der Waals surface area contributed by atoms with E-state index in [1.54, 1.807) is 18.2 Å². The lowest BCUT2D eigenvalue weighted by Gasteiger charge is -1.98. The topological polar surface area (TPSA) is 56.2 Å². The first-order valence-electron chi connectivity index (χ1n) is 4.77. The van der Waals surface area contributed by atoms with E-state index in [0.717, 1.165) is 16.6 Å². The Morgan fingerprint density at radius 2 is 2.00 bits per heavy atom. The maximum Gasteiger partial charge on any atom is 0.336 e. The van der Waals surface area contributed by atoms with Gasteiger partial charge in [-0.25, -0.2) is 4.79 Å². The molecule has 0 radical (unpaired) electrons. The number of nitrogens with zero attached hydrogens (tertiary/aromatic N) is 1. The van der Waals surface area contributed by atoms with Crippen LogP contribution < -0.4 is 5.63 Å². The van der Waals surface area contributed by atoms with Crippen molar-refractivity contribution in [2.45, 2.75) is 0 Å². The number of fused-ring (bicyclic) bond motifs is 1. The van der Waals surface area contributed by atoms with Crippen LogP contribution in [0.3, 0.4) is 0 Å². The van der Waals surface area contributed by atoms with E-state index in [4.69, 9.17) is 8.94 Å². The number of hydrogen-bond donors (Lipinski definition) is 0. The van der Waals surface area contributed by atoms with Gasteiger partial charge in [0.15, 0.2) is 0 Å². The molecule has 0 bridgehead atoms. The third kappa shape index (κ3) is 1.40. The zero-order valence-corrected chi connectivity index (χ0v) is 8.21. The van der Waals surface area contributed by atoms with Crippen molar-refractivity contribution in [1.29, 1.82) is 0 Å². The summed E-state index contributed by atoms with van der Waals surface area (Å²) < 4.78 is 9.81. The van der Waals surface area contributed by atoms with Gasteiger partial charge in [0.25, 0.3) is 0 Å². The van der Waals surface area contributed by atoms with Crippen molar-refractivity contribution < 1.29 is 8.94 Å². The molecule has 78 valence electrons. The van der Waals surface area contributed by atoms with Gasteiger partial charge in [-0.2, -0.15) is 0 Å². The molecule has 4 nitrogen and oxygen atoms in total. The maximum atomic E-state index is 11.0. The Bertz CT molecular complexity index is 683. The fourth-order valence-corrected chi connectivity index (χ4v) is 1.59. The van der Waals surface area contributed by atoms with Gasteiger partial charge in [-0.3, -0.25) is 0 Å². The largest absolute Gasteiger partial charge is 0.423 e. The molecule has 0 unspecified atom stereocenters. The van der Waals surface area contributed by atoms with E-state index in [-0.39, 0.29) is 5.63 Å². The van der Waals surface area contributed by atoms with Crippen LogP contribution in [0.5, 0.6) is 0 Å². The van der Waals surface area contributed by atoms with E-state index in [0.29, 0.717) is 5.58 Å². The van der Waals surface area contributed by atoms with E-state index in [2.05, 4.69) is 5.16 Å². The quantitative estimate of drug-likeness (QED) is 0.582. The Morgan fingerprint density at radius 3 is 2.81 bits per heavy atom. The van der Waals surface area contributed by atoms with Gasteiger partial charge in [-0.1, -0.05) is 5.16 Å². The van der Waals surface area contributed by atoms with Crippen molar-refractivity contribution in [2.75, 3.05) is 0 Å². The van der Waals surface area contributed by atoms with E-state index in [1.807, 2.05) is 12.1 Å². The summed E-state index contributed by atoms with van der Waals surface area (Å²) in [5, 5.41) is 4.70. The van der Waals surface area contributed by atoms with Gasteiger partial charge in [0.05, 0.1) is 0 Å². The lowest BCUT2D eigenvalue weighted by molar-refractivity contribution is 0.422. The van der Waals surface area contributed by atoms with Gasteiger partial charge in [0.1, 0.15) is 17.5 Å². The predicted octanol–water partition coefficient (Wildman–Crippen LogP) is 2.45. The summed E-state index contributed by atoms with van der Waals surface area (Å²) in [4.78, 5) is 11.0. The highest BCUT2D eigenvalue weighted by Gasteiger charge is 2.03. The number of hydrogen-bond acceptors (Lipinski definition) is 4. The van der Waals surface area contributed by atoms with Crippen molar-refractivity contribution in [1.82, 2.24) is 5.16 Å². The molecule has 0 atom stereocenters. The van der Waals surface area contributed by atoms with Crippen LogP contribution >= 0.6 is 0 Å². The molecule has 0 saturated carbocycles. The molecule has 0 N–H and O–H groups in total. The molecule has 0 spiro atoms. The maximum absolute atomic E-state index is 11.0. The smallest absolute Gasteiger partial charge is 0.336 e. The van der Waals surface area contributed by atoms with Crippen LogP contribution in [0, 0.1) is 0 Å². The number of aromatic nitrogens is 1. The molecule has 0 saturated heterocycles. The molecular weight excluding hydrogens is 206 g/mol. The van der Waals surface area contributed by atoms with Crippen LogP contribution in [0.25, 0.3) is 22.2 Å². The molecule has 3 aromatic rings. The SMILES string of the molecule is O=c1ccc2cc(-c3ccon3)ccc2o1. The second-order valence-electron chi connectivity index (χ2n) is 3.39. The van der Waals surface area contributed by atoms with E-state index in [9.17, 15) is 4.79 Å². The van der Waals surface area contributed by atoms with Crippen LogP contribution in [-0.2, 0) is 0 Å². The standard InChI is InChI=1S/C12H7NO3/c14-12-4-2-9-7-8(1-3-11(9)16-12)10-5-6-15-13-10/h1-7H. The summed E-state index contributed by atoms with van der Waals surface area (Å²) in [7, 11) is 0. The summed E-state index contributed by atoms with van der Waals surface area (Å²) in [5.74, 6) is 0. The Balaban J connectivity index is 2.24. The molecule has 0 aliphatic heterocycles. The van der Waals surface area contributed by atoms with E-state index < -0.39 is 0 Å². The van der Waals surface area contributed by atoms with Crippen LogP contribution in [0.4, 0.5) is 0 Å². The summed E-state index contributed by atoms with van der Waals surface area (Å²) in [6.45, 7) is 0. The first kappa shape index (κ1) is 8.91. The van der Waals surface area contributed by atoms with Gasteiger partial charge in [0.2, 0.25) is 0 Å². The average molecular weight is 213 g/mol. The Labute approximate surface area is 90.1 Å². The number of benzene rings is 1. The molecule has 0 fully saturated rings. The molecule has 4 heteroatoms. The lowest BCUT2D eigenvalue weighted by atomic mass is 10.1. The van der Waals surface area contributed by atoms with Crippen LogP contribution in [0.15, 0.2) is 56.4 Å². The first-order valence-corrected chi connectivity index (χ1v) is 4.77. The van der Waals surface area contributed by atoms with Crippen molar-refractivity contribution in [2.24, 2.45) is 0 Å². The van der Waals surface area contributed by atoms with Gasteiger partial charge < -0.3 is 8.94 Å². The summed E-state index contributed by atoms with van der Waals surface area (Å²) in [5.41, 5.74) is 1.91. The summed E-state index contributed by atoms with van der Waals surface area (Å²) in [6, 6.07) is 10.4. The minimum absolute atomic E-state index is 0.346. The highest BCUT2D eigenvalue weighted by atomic mass is 16.5. The fourth-order valence-electron chi connectivity index (χ4n) is 1.59. The molecule has 16 heavy (non-hydrogen) atoms. The van der Waals surface area contributed by atoms with Gasteiger partial charge >= 0.3 is 5.63 Å². The highest BCUT2D eigenvalue weighted by molar-refractivity contribution is 5.81. The Hall–Kier alpha value is -2.36. The van der Waals surface area contributed by atoms with Crippen LogP contribution in [-0.4, -0.2) is 5.16 Å². The molecule has 3 rings (SSSR count). The summed E-state index contributed by atoms with van der Waals surface area (Å²) >= 11 is 0. The molecule has 2 aromatic heterocycles. The normalized spacial score (nSPS) is 10.8. The van der Waals surface area contributed by atoms with Gasteiger partial charge in [-0.15, -0.1) is 0 Å². The molecule has 0 aliphatic carbocycles. The first-order chi connectivity index (χ1) is 7.83. The third-order valence-electron chi connectivity index (χ3n) is 2.35. The molecule has 2 heterocycles. The monoisotopic (exact) mass is 213 g/mol. The van der Waals surface area contributed by atoms with Gasteiger partial charge in [-0.05, 0) is 24.3 Å². The average Bonchev–Trinajstić information content (AvgIpc) is 2.82. The fraction of sp³-hybridized carbons (Fsp3) is 0. The van der Waals surface area contributed by atoms with E-state index >= 15 is 0 Å². The predicted molar refractivity (Wildman–Crippen MR) is 58.0 cm³/mol.